The third-order valence-corrected chi connectivity index (χ3v) is 2.48. The molecule has 0 aliphatic carbocycles. The van der Waals surface area contributed by atoms with E-state index in [2.05, 4.69) is 29.0 Å². The highest BCUT2D eigenvalue weighted by atomic mass is 16.5. The fourth-order valence-electron chi connectivity index (χ4n) is 1.29. The van der Waals surface area contributed by atoms with Crippen LogP contribution in [0.15, 0.2) is 22.7 Å². The molecule has 0 radical (unpaired) electrons. The van der Waals surface area contributed by atoms with E-state index in [0.717, 1.165) is 6.42 Å². The average molecular weight is 218 g/mol. The molecule has 0 saturated heterocycles. The van der Waals surface area contributed by atoms with E-state index in [4.69, 9.17) is 10.3 Å². The van der Waals surface area contributed by atoms with Crippen molar-refractivity contribution in [2.45, 2.75) is 26.2 Å². The van der Waals surface area contributed by atoms with Gasteiger partial charge in [-0.1, -0.05) is 25.1 Å². The molecule has 16 heavy (non-hydrogen) atoms. The molecule has 0 aliphatic heterocycles. The van der Waals surface area contributed by atoms with Gasteiger partial charge >= 0.3 is 0 Å². The lowest BCUT2D eigenvalue weighted by atomic mass is 10.1. The molecule has 0 aromatic carbocycles. The lowest BCUT2D eigenvalue weighted by Gasteiger charge is -1.98. The second-order valence-electron chi connectivity index (χ2n) is 3.71. The largest absolute Gasteiger partial charge is 0.384 e. The molecule has 0 spiro atoms. The Morgan fingerprint density at radius 2 is 2.19 bits per heavy atom. The second-order valence-corrected chi connectivity index (χ2v) is 3.71. The SMILES string of the molecule is CCC(C)c1noc(-c2cccc(N)n2)n1. The van der Waals surface area contributed by atoms with Crippen LogP contribution in [-0.2, 0) is 0 Å². The van der Waals surface area contributed by atoms with E-state index in [1.54, 1.807) is 12.1 Å². The van der Waals surface area contributed by atoms with Crippen molar-refractivity contribution >= 4 is 5.82 Å². The molecule has 2 N–H and O–H groups in total. The molecule has 0 amide bonds. The predicted molar refractivity (Wildman–Crippen MR) is 60.6 cm³/mol. The van der Waals surface area contributed by atoms with Crippen LogP contribution in [0.25, 0.3) is 11.6 Å². The third-order valence-electron chi connectivity index (χ3n) is 2.48. The van der Waals surface area contributed by atoms with Crippen LogP contribution in [0.1, 0.15) is 32.0 Å². The van der Waals surface area contributed by atoms with Crippen molar-refractivity contribution in [1.82, 2.24) is 15.1 Å². The molecule has 0 saturated carbocycles. The van der Waals surface area contributed by atoms with Gasteiger partial charge in [0.25, 0.3) is 5.89 Å². The van der Waals surface area contributed by atoms with Gasteiger partial charge in [0.1, 0.15) is 11.5 Å². The summed E-state index contributed by atoms with van der Waals surface area (Å²) in [5, 5.41) is 3.93. The maximum Gasteiger partial charge on any atom is 0.276 e. The summed E-state index contributed by atoms with van der Waals surface area (Å²) in [6, 6.07) is 5.32. The number of anilines is 1. The standard InChI is InChI=1S/C11H14N4O/c1-3-7(2)10-14-11(16-15-10)8-5-4-6-9(12)13-8/h4-7H,3H2,1-2H3,(H2,12,13). The van der Waals surface area contributed by atoms with E-state index >= 15 is 0 Å². The van der Waals surface area contributed by atoms with Gasteiger partial charge in [0, 0.05) is 5.92 Å². The zero-order valence-electron chi connectivity index (χ0n) is 9.34. The number of nitrogens with zero attached hydrogens (tertiary/aromatic N) is 3. The monoisotopic (exact) mass is 218 g/mol. The summed E-state index contributed by atoms with van der Waals surface area (Å²) in [6.45, 7) is 4.14. The van der Waals surface area contributed by atoms with Gasteiger partial charge in [0.05, 0.1) is 0 Å². The van der Waals surface area contributed by atoms with Crippen LogP contribution in [0.4, 0.5) is 5.82 Å². The average Bonchev–Trinajstić information content (AvgIpc) is 2.77. The summed E-state index contributed by atoms with van der Waals surface area (Å²) in [5.74, 6) is 1.86. The highest BCUT2D eigenvalue weighted by Crippen LogP contribution is 2.20. The molecule has 0 aliphatic rings. The molecule has 2 aromatic heterocycles. The van der Waals surface area contributed by atoms with Crippen molar-refractivity contribution in [2.75, 3.05) is 5.73 Å². The third kappa shape index (κ3) is 2.03. The molecular weight excluding hydrogens is 204 g/mol. The van der Waals surface area contributed by atoms with Crippen LogP contribution in [0.5, 0.6) is 0 Å². The van der Waals surface area contributed by atoms with Crippen LogP contribution in [-0.4, -0.2) is 15.1 Å². The van der Waals surface area contributed by atoms with Crippen LogP contribution >= 0.6 is 0 Å². The molecule has 2 heterocycles. The maximum atomic E-state index is 5.59. The molecule has 2 aromatic rings. The first-order valence-electron chi connectivity index (χ1n) is 5.27. The van der Waals surface area contributed by atoms with E-state index < -0.39 is 0 Å². The molecule has 1 unspecified atom stereocenters. The molecule has 5 nitrogen and oxygen atoms in total. The molecule has 2 rings (SSSR count). The topological polar surface area (TPSA) is 77.8 Å². The highest BCUT2D eigenvalue weighted by Gasteiger charge is 2.14. The fraction of sp³-hybridized carbons (Fsp3) is 0.364. The number of aromatic nitrogens is 3. The van der Waals surface area contributed by atoms with Gasteiger partial charge in [0.15, 0.2) is 5.82 Å². The van der Waals surface area contributed by atoms with E-state index in [1.807, 2.05) is 6.07 Å². The Bertz CT molecular complexity index is 480. The maximum absolute atomic E-state index is 5.59. The van der Waals surface area contributed by atoms with Crippen molar-refractivity contribution in [1.29, 1.82) is 0 Å². The molecule has 1 atom stereocenters. The van der Waals surface area contributed by atoms with Crippen molar-refractivity contribution in [3.63, 3.8) is 0 Å². The molecular formula is C11H14N4O. The molecule has 84 valence electrons. The number of rotatable bonds is 3. The van der Waals surface area contributed by atoms with E-state index in [-0.39, 0.29) is 0 Å². The van der Waals surface area contributed by atoms with Crippen molar-refractivity contribution in [3.8, 4) is 11.6 Å². The van der Waals surface area contributed by atoms with Gasteiger partial charge in [-0.25, -0.2) is 4.98 Å². The summed E-state index contributed by atoms with van der Waals surface area (Å²) in [7, 11) is 0. The first kappa shape index (κ1) is 10.6. The number of nitrogen functional groups attached to an aromatic ring is 1. The Kier molecular flexibility index (Phi) is 2.85. The van der Waals surface area contributed by atoms with Gasteiger partial charge in [0.2, 0.25) is 0 Å². The summed E-state index contributed by atoms with van der Waals surface area (Å²) >= 11 is 0. The van der Waals surface area contributed by atoms with Crippen LogP contribution in [0, 0.1) is 0 Å². The van der Waals surface area contributed by atoms with E-state index in [9.17, 15) is 0 Å². The van der Waals surface area contributed by atoms with Gasteiger partial charge in [-0.2, -0.15) is 4.98 Å². The zero-order valence-corrected chi connectivity index (χ0v) is 9.34. The van der Waals surface area contributed by atoms with Crippen molar-refractivity contribution in [3.05, 3.63) is 24.0 Å². The van der Waals surface area contributed by atoms with Crippen LogP contribution < -0.4 is 5.73 Å². The number of hydrogen-bond acceptors (Lipinski definition) is 5. The van der Waals surface area contributed by atoms with Crippen molar-refractivity contribution < 1.29 is 4.52 Å². The summed E-state index contributed by atoms with van der Waals surface area (Å²) < 4.78 is 5.15. The van der Waals surface area contributed by atoms with Gasteiger partial charge in [-0.05, 0) is 18.6 Å². The Labute approximate surface area is 93.7 Å². The van der Waals surface area contributed by atoms with Gasteiger partial charge in [-0.3, -0.25) is 0 Å². The van der Waals surface area contributed by atoms with E-state index in [1.165, 1.54) is 0 Å². The van der Waals surface area contributed by atoms with Crippen molar-refractivity contribution in [2.24, 2.45) is 0 Å². The lowest BCUT2D eigenvalue weighted by Crippen LogP contribution is -1.94. The quantitative estimate of drug-likeness (QED) is 0.854. The normalized spacial score (nSPS) is 12.6. The Morgan fingerprint density at radius 3 is 2.88 bits per heavy atom. The number of nitrogens with two attached hydrogens (primary N) is 1. The first-order valence-corrected chi connectivity index (χ1v) is 5.27. The van der Waals surface area contributed by atoms with E-state index in [0.29, 0.717) is 29.1 Å². The number of hydrogen-bond donors (Lipinski definition) is 1. The first-order chi connectivity index (χ1) is 7.70. The minimum absolute atomic E-state index is 0.290. The Balaban J connectivity index is 2.31. The smallest absolute Gasteiger partial charge is 0.276 e. The molecule has 0 bridgehead atoms. The number of pyridine rings is 1. The van der Waals surface area contributed by atoms with Crippen LogP contribution in [0.3, 0.4) is 0 Å². The molecule has 5 heteroatoms. The predicted octanol–water partition coefficient (Wildman–Crippen LogP) is 2.23. The van der Waals surface area contributed by atoms with Crippen LogP contribution in [0.2, 0.25) is 0 Å². The Morgan fingerprint density at radius 1 is 1.38 bits per heavy atom. The molecule has 0 fully saturated rings. The minimum atomic E-state index is 0.290. The minimum Gasteiger partial charge on any atom is -0.384 e. The van der Waals surface area contributed by atoms with Gasteiger partial charge < -0.3 is 10.3 Å². The summed E-state index contributed by atoms with van der Waals surface area (Å²) in [6.07, 6.45) is 0.976. The zero-order chi connectivity index (χ0) is 11.5. The van der Waals surface area contributed by atoms with Gasteiger partial charge in [-0.15, -0.1) is 0 Å². The second kappa shape index (κ2) is 4.30. The summed E-state index contributed by atoms with van der Waals surface area (Å²) in [5.41, 5.74) is 6.20. The fourth-order valence-corrected chi connectivity index (χ4v) is 1.29. The highest BCUT2D eigenvalue weighted by molar-refractivity contribution is 5.49. The Hall–Kier alpha value is -1.91. The lowest BCUT2D eigenvalue weighted by molar-refractivity contribution is 0.415. The summed E-state index contributed by atoms with van der Waals surface area (Å²) in [4.78, 5) is 8.42.